The van der Waals surface area contributed by atoms with Gasteiger partial charge in [-0.3, -0.25) is 4.79 Å². The Balaban J connectivity index is 1.91. The van der Waals surface area contributed by atoms with Crippen LogP contribution in [0.4, 0.5) is 5.69 Å². The Morgan fingerprint density at radius 3 is 2.70 bits per heavy atom. The molecule has 2 rings (SSSR count). The Morgan fingerprint density at radius 2 is 2.15 bits per heavy atom. The maximum absolute atomic E-state index is 11.8. The molecule has 1 fully saturated rings. The van der Waals surface area contributed by atoms with Gasteiger partial charge in [0, 0.05) is 36.4 Å². The molecule has 1 aliphatic rings. The van der Waals surface area contributed by atoms with Gasteiger partial charge in [0.15, 0.2) is 0 Å². The summed E-state index contributed by atoms with van der Waals surface area (Å²) in [6.45, 7) is 7.38. The number of carbonyl (C=O) groups excluding carboxylic acids is 1. The average Bonchev–Trinajstić information content (AvgIpc) is 2.75. The highest BCUT2D eigenvalue weighted by molar-refractivity contribution is 5.94. The third kappa shape index (κ3) is 3.61. The minimum atomic E-state index is -0.0642. The van der Waals surface area contributed by atoms with Gasteiger partial charge in [0.2, 0.25) is 0 Å². The van der Waals surface area contributed by atoms with Crippen molar-refractivity contribution < 1.29 is 4.79 Å². The lowest BCUT2D eigenvalue weighted by Crippen LogP contribution is -2.25. The Kier molecular flexibility index (Phi) is 4.79. The number of rotatable bonds is 5. The summed E-state index contributed by atoms with van der Waals surface area (Å²) in [7, 11) is 2.15. The second-order valence-corrected chi connectivity index (χ2v) is 5.44. The summed E-state index contributed by atoms with van der Waals surface area (Å²) in [4.78, 5) is 14.1. The minimum absolute atomic E-state index is 0.0642. The number of anilines is 1. The number of nitrogens with one attached hydrogen (secondary N) is 2. The van der Waals surface area contributed by atoms with Crippen LogP contribution in [0.2, 0.25) is 0 Å². The molecular weight excluding hydrogens is 250 g/mol. The lowest BCUT2D eigenvalue weighted by Gasteiger charge is -2.14. The summed E-state index contributed by atoms with van der Waals surface area (Å²) in [5.41, 5.74) is 1.74. The van der Waals surface area contributed by atoms with E-state index >= 15 is 0 Å². The number of benzene rings is 1. The van der Waals surface area contributed by atoms with Gasteiger partial charge in [-0.25, -0.2) is 0 Å². The van der Waals surface area contributed by atoms with Gasteiger partial charge in [-0.05, 0) is 44.7 Å². The molecule has 1 saturated heterocycles. The number of likely N-dealkylation sites (N-methyl/N-ethyl adjacent to an activating group) is 1. The van der Waals surface area contributed by atoms with Gasteiger partial charge in [-0.15, -0.1) is 6.58 Å². The van der Waals surface area contributed by atoms with Gasteiger partial charge < -0.3 is 15.5 Å². The summed E-state index contributed by atoms with van der Waals surface area (Å²) in [5.74, 6) is -0.0642. The standard InChI is InChI=1S/C16H23N3O/c1-4-9-17-16(20)13-5-7-14(8-6-13)18-15-10-12(2)19(3)11-15/h4-8,12,15,18H,1,9-11H2,2-3H3,(H,17,20). The number of hydrogen-bond acceptors (Lipinski definition) is 3. The molecule has 2 unspecified atom stereocenters. The van der Waals surface area contributed by atoms with Gasteiger partial charge in [-0.2, -0.15) is 0 Å². The first-order chi connectivity index (χ1) is 9.60. The number of likely N-dealkylation sites (tertiary alicyclic amines) is 1. The van der Waals surface area contributed by atoms with Crippen molar-refractivity contribution in [1.82, 2.24) is 10.2 Å². The van der Waals surface area contributed by atoms with Crippen LogP contribution in [0.5, 0.6) is 0 Å². The van der Waals surface area contributed by atoms with Crippen LogP contribution in [0.3, 0.4) is 0 Å². The molecule has 0 spiro atoms. The quantitative estimate of drug-likeness (QED) is 0.808. The minimum Gasteiger partial charge on any atom is -0.381 e. The van der Waals surface area contributed by atoms with E-state index in [4.69, 9.17) is 0 Å². The number of carbonyl (C=O) groups is 1. The molecule has 0 aliphatic carbocycles. The topological polar surface area (TPSA) is 44.4 Å². The summed E-state index contributed by atoms with van der Waals surface area (Å²) in [6, 6.07) is 8.73. The van der Waals surface area contributed by atoms with E-state index < -0.39 is 0 Å². The molecule has 4 heteroatoms. The van der Waals surface area contributed by atoms with E-state index in [1.54, 1.807) is 6.08 Å². The van der Waals surface area contributed by atoms with Gasteiger partial charge >= 0.3 is 0 Å². The molecule has 1 amide bonds. The van der Waals surface area contributed by atoms with Crippen molar-refractivity contribution >= 4 is 11.6 Å². The van der Waals surface area contributed by atoms with E-state index in [-0.39, 0.29) is 5.91 Å². The Bertz CT molecular complexity index is 459. The zero-order chi connectivity index (χ0) is 14.5. The first kappa shape index (κ1) is 14.6. The molecular formula is C16H23N3O. The molecule has 20 heavy (non-hydrogen) atoms. The van der Waals surface area contributed by atoms with Crippen LogP contribution in [0.25, 0.3) is 0 Å². The zero-order valence-corrected chi connectivity index (χ0v) is 12.2. The fraction of sp³-hybridized carbons (Fsp3) is 0.438. The van der Waals surface area contributed by atoms with Crippen molar-refractivity contribution in [2.45, 2.75) is 25.4 Å². The first-order valence-electron chi connectivity index (χ1n) is 7.06. The molecule has 0 radical (unpaired) electrons. The van der Waals surface area contributed by atoms with Crippen molar-refractivity contribution in [2.24, 2.45) is 0 Å². The second-order valence-electron chi connectivity index (χ2n) is 5.44. The maximum atomic E-state index is 11.8. The average molecular weight is 273 g/mol. The summed E-state index contributed by atoms with van der Waals surface area (Å²) < 4.78 is 0. The first-order valence-corrected chi connectivity index (χ1v) is 7.06. The highest BCUT2D eigenvalue weighted by Gasteiger charge is 2.25. The largest absolute Gasteiger partial charge is 0.381 e. The van der Waals surface area contributed by atoms with E-state index in [1.165, 1.54) is 0 Å². The van der Waals surface area contributed by atoms with Crippen molar-refractivity contribution in [3.63, 3.8) is 0 Å². The third-order valence-corrected chi connectivity index (χ3v) is 3.81. The predicted molar refractivity (Wildman–Crippen MR) is 83.1 cm³/mol. The van der Waals surface area contributed by atoms with Crippen LogP contribution in [-0.2, 0) is 0 Å². The second kappa shape index (κ2) is 6.57. The van der Waals surface area contributed by atoms with Crippen molar-refractivity contribution in [2.75, 3.05) is 25.5 Å². The van der Waals surface area contributed by atoms with E-state index in [0.29, 0.717) is 24.2 Å². The van der Waals surface area contributed by atoms with E-state index in [2.05, 4.69) is 36.1 Å². The van der Waals surface area contributed by atoms with Crippen LogP contribution in [-0.4, -0.2) is 43.0 Å². The molecule has 1 aliphatic heterocycles. The van der Waals surface area contributed by atoms with Crippen LogP contribution >= 0.6 is 0 Å². The Morgan fingerprint density at radius 1 is 1.45 bits per heavy atom. The molecule has 1 aromatic carbocycles. The van der Waals surface area contributed by atoms with Gasteiger partial charge in [0.05, 0.1) is 0 Å². The Labute approximate surface area is 120 Å². The van der Waals surface area contributed by atoms with E-state index in [0.717, 1.165) is 18.7 Å². The van der Waals surface area contributed by atoms with Crippen LogP contribution in [0.15, 0.2) is 36.9 Å². The summed E-state index contributed by atoms with van der Waals surface area (Å²) in [6.07, 6.45) is 2.82. The number of amides is 1. The Hall–Kier alpha value is -1.81. The van der Waals surface area contributed by atoms with Gasteiger partial charge in [0.1, 0.15) is 0 Å². The van der Waals surface area contributed by atoms with Crippen LogP contribution < -0.4 is 10.6 Å². The van der Waals surface area contributed by atoms with Gasteiger partial charge in [0.25, 0.3) is 5.91 Å². The zero-order valence-electron chi connectivity index (χ0n) is 12.2. The maximum Gasteiger partial charge on any atom is 0.251 e. The number of nitrogens with zero attached hydrogens (tertiary/aromatic N) is 1. The van der Waals surface area contributed by atoms with Crippen molar-refractivity contribution in [1.29, 1.82) is 0 Å². The molecule has 0 saturated carbocycles. The SMILES string of the molecule is C=CCNC(=O)c1ccc(NC2CC(C)N(C)C2)cc1. The fourth-order valence-electron chi connectivity index (χ4n) is 2.52. The summed E-state index contributed by atoms with van der Waals surface area (Å²) >= 11 is 0. The molecule has 0 aromatic heterocycles. The molecule has 0 bridgehead atoms. The fourth-order valence-corrected chi connectivity index (χ4v) is 2.52. The van der Waals surface area contributed by atoms with E-state index in [9.17, 15) is 4.79 Å². The van der Waals surface area contributed by atoms with Crippen LogP contribution in [0, 0.1) is 0 Å². The van der Waals surface area contributed by atoms with E-state index in [1.807, 2.05) is 24.3 Å². The lowest BCUT2D eigenvalue weighted by atomic mass is 10.1. The molecule has 2 atom stereocenters. The lowest BCUT2D eigenvalue weighted by molar-refractivity contribution is 0.0958. The monoisotopic (exact) mass is 273 g/mol. The van der Waals surface area contributed by atoms with Crippen LogP contribution in [0.1, 0.15) is 23.7 Å². The van der Waals surface area contributed by atoms with Crippen molar-refractivity contribution in [3.8, 4) is 0 Å². The smallest absolute Gasteiger partial charge is 0.251 e. The van der Waals surface area contributed by atoms with Crippen molar-refractivity contribution in [3.05, 3.63) is 42.5 Å². The molecule has 4 nitrogen and oxygen atoms in total. The highest BCUT2D eigenvalue weighted by atomic mass is 16.1. The normalized spacial score (nSPS) is 22.5. The molecule has 1 aromatic rings. The highest BCUT2D eigenvalue weighted by Crippen LogP contribution is 2.19. The number of hydrogen-bond donors (Lipinski definition) is 2. The molecule has 108 valence electrons. The summed E-state index contributed by atoms with van der Waals surface area (Å²) in [5, 5.41) is 6.29. The third-order valence-electron chi connectivity index (χ3n) is 3.81. The predicted octanol–water partition coefficient (Wildman–Crippen LogP) is 2.11. The molecule has 2 N–H and O–H groups in total. The van der Waals surface area contributed by atoms with Gasteiger partial charge in [-0.1, -0.05) is 6.08 Å². The molecule has 1 heterocycles.